The average Bonchev–Trinajstić information content (AvgIpc) is 3.02. The van der Waals surface area contributed by atoms with Crippen molar-refractivity contribution in [2.24, 2.45) is 4.99 Å². The maximum Gasteiger partial charge on any atom is 0.193 e. The predicted octanol–water partition coefficient (Wildman–Crippen LogP) is 3.85. The van der Waals surface area contributed by atoms with Crippen LogP contribution in [0.25, 0.3) is 17.1 Å². The van der Waals surface area contributed by atoms with Crippen molar-refractivity contribution in [1.29, 1.82) is 0 Å². The first-order valence-electron chi connectivity index (χ1n) is 8.46. The van der Waals surface area contributed by atoms with Gasteiger partial charge in [-0.25, -0.2) is 0 Å². The summed E-state index contributed by atoms with van der Waals surface area (Å²) in [5, 5.41) is 29.1. The molecule has 7 nitrogen and oxygen atoms in total. The summed E-state index contributed by atoms with van der Waals surface area (Å²) in [5.41, 5.74) is 2.60. The smallest absolute Gasteiger partial charge is 0.193 e. The van der Waals surface area contributed by atoms with Crippen molar-refractivity contribution in [3.8, 4) is 34.3 Å². The lowest BCUT2D eigenvalue weighted by atomic mass is 9.98. The van der Waals surface area contributed by atoms with Crippen molar-refractivity contribution in [2.45, 2.75) is 24.9 Å². The van der Waals surface area contributed by atoms with Crippen LogP contribution in [0.4, 0.5) is 5.69 Å². The quantitative estimate of drug-likeness (QED) is 0.598. The highest BCUT2D eigenvalue weighted by Crippen LogP contribution is 2.39. The number of aromatic nitrogens is 3. The topological polar surface area (TPSA) is 92.8 Å². The third-order valence-electron chi connectivity index (χ3n) is 4.40. The Morgan fingerprint density at radius 3 is 2.70 bits per heavy atom. The largest absolute Gasteiger partial charge is 0.508 e. The molecule has 2 N–H and O–H groups in total. The van der Waals surface area contributed by atoms with Crippen LogP contribution in [0.15, 0.2) is 40.5 Å². The second kappa shape index (κ2) is 6.62. The molecule has 138 valence electrons. The molecule has 3 aromatic rings. The van der Waals surface area contributed by atoms with E-state index >= 15 is 0 Å². The molecule has 0 aliphatic carbocycles. The van der Waals surface area contributed by atoms with Crippen LogP contribution in [0, 0.1) is 0 Å². The van der Waals surface area contributed by atoms with Gasteiger partial charge >= 0.3 is 0 Å². The molecule has 2 heterocycles. The lowest BCUT2D eigenvalue weighted by Crippen LogP contribution is -2.04. The number of benzene rings is 2. The van der Waals surface area contributed by atoms with Gasteiger partial charge in [0.05, 0.1) is 11.3 Å². The van der Waals surface area contributed by atoms with E-state index in [1.54, 1.807) is 16.8 Å². The Labute approximate surface area is 161 Å². The van der Waals surface area contributed by atoms with E-state index < -0.39 is 0 Å². The highest BCUT2D eigenvalue weighted by atomic mass is 32.1. The lowest BCUT2D eigenvalue weighted by Gasteiger charge is -2.16. The van der Waals surface area contributed by atoms with E-state index in [0.29, 0.717) is 40.2 Å². The molecule has 1 aliphatic heterocycles. The molecule has 0 saturated heterocycles. The number of thiol groups is 1. The van der Waals surface area contributed by atoms with E-state index in [0.717, 1.165) is 5.69 Å². The number of hydrogen-bond donors (Lipinski definition) is 3. The van der Waals surface area contributed by atoms with Crippen LogP contribution < -0.4 is 4.74 Å². The summed E-state index contributed by atoms with van der Waals surface area (Å²) < 4.78 is 7.25. The number of nitrogens with zero attached hydrogens (tertiary/aromatic N) is 4. The van der Waals surface area contributed by atoms with Gasteiger partial charge in [0.25, 0.3) is 0 Å². The van der Waals surface area contributed by atoms with E-state index in [1.165, 1.54) is 6.07 Å². The highest BCUT2D eigenvalue weighted by molar-refractivity contribution is 7.80. The number of phenols is 2. The zero-order valence-electron chi connectivity index (χ0n) is 14.8. The van der Waals surface area contributed by atoms with Gasteiger partial charge in [0, 0.05) is 12.3 Å². The first-order chi connectivity index (χ1) is 13.0. The molecule has 8 heteroatoms. The van der Waals surface area contributed by atoms with Crippen LogP contribution >= 0.6 is 12.6 Å². The SMILES string of the molecule is CC(C)c1cc(-c2nnc(S)n2-c2ccc3c(c2)N=CCO3)c(O)cc1O. The summed E-state index contributed by atoms with van der Waals surface area (Å²) in [6, 6.07) is 8.58. The van der Waals surface area contributed by atoms with Gasteiger partial charge in [0.2, 0.25) is 0 Å². The molecule has 0 spiro atoms. The molecule has 1 aliphatic rings. The fraction of sp³-hybridized carbons (Fsp3) is 0.211. The number of rotatable bonds is 3. The van der Waals surface area contributed by atoms with Gasteiger partial charge in [-0.3, -0.25) is 9.56 Å². The highest BCUT2D eigenvalue weighted by Gasteiger charge is 2.21. The van der Waals surface area contributed by atoms with Crippen molar-refractivity contribution in [3.63, 3.8) is 0 Å². The van der Waals surface area contributed by atoms with Crippen molar-refractivity contribution >= 4 is 24.5 Å². The minimum atomic E-state index is -0.0850. The van der Waals surface area contributed by atoms with E-state index in [2.05, 4.69) is 27.8 Å². The molecular weight excluding hydrogens is 364 g/mol. The Hall–Kier alpha value is -3.00. The van der Waals surface area contributed by atoms with Gasteiger partial charge in [-0.1, -0.05) is 13.8 Å². The van der Waals surface area contributed by atoms with Crippen molar-refractivity contribution in [3.05, 3.63) is 35.9 Å². The van der Waals surface area contributed by atoms with E-state index in [9.17, 15) is 10.2 Å². The summed E-state index contributed by atoms with van der Waals surface area (Å²) in [4.78, 5) is 4.35. The van der Waals surface area contributed by atoms with Crippen LogP contribution in [0.2, 0.25) is 0 Å². The molecule has 0 radical (unpaired) electrons. The summed E-state index contributed by atoms with van der Waals surface area (Å²) in [6.45, 7) is 4.37. The fourth-order valence-electron chi connectivity index (χ4n) is 3.05. The van der Waals surface area contributed by atoms with Gasteiger partial charge in [-0.05, 0) is 35.7 Å². The standard InChI is InChI=1S/C19H18N4O3S/c1-10(2)12-8-13(16(25)9-15(12)24)18-21-22-19(27)23(18)11-3-4-17-14(7-11)20-5-6-26-17/h3-5,7-10,24-25H,6H2,1-2H3,(H,22,27). The maximum atomic E-state index is 10.4. The Bertz CT molecular complexity index is 1060. The van der Waals surface area contributed by atoms with Crippen molar-refractivity contribution in [1.82, 2.24) is 14.8 Å². The second-order valence-corrected chi connectivity index (χ2v) is 6.92. The van der Waals surface area contributed by atoms with Crippen LogP contribution in [0.1, 0.15) is 25.3 Å². The minimum Gasteiger partial charge on any atom is -0.508 e. The Morgan fingerprint density at radius 1 is 1.11 bits per heavy atom. The molecule has 0 bridgehead atoms. The van der Waals surface area contributed by atoms with E-state index in [4.69, 9.17) is 4.74 Å². The lowest BCUT2D eigenvalue weighted by molar-refractivity contribution is 0.377. The van der Waals surface area contributed by atoms with Crippen LogP contribution in [0.5, 0.6) is 17.2 Å². The number of hydrogen-bond acceptors (Lipinski definition) is 7. The molecular formula is C19H18N4O3S. The molecule has 0 saturated carbocycles. The van der Waals surface area contributed by atoms with Crippen molar-refractivity contribution in [2.75, 3.05) is 6.61 Å². The van der Waals surface area contributed by atoms with E-state index in [1.807, 2.05) is 32.0 Å². The van der Waals surface area contributed by atoms with Gasteiger partial charge in [-0.15, -0.1) is 22.8 Å². The molecule has 2 aromatic carbocycles. The van der Waals surface area contributed by atoms with E-state index in [-0.39, 0.29) is 17.4 Å². The van der Waals surface area contributed by atoms with Gasteiger partial charge in [0.1, 0.15) is 29.5 Å². The summed E-state index contributed by atoms with van der Waals surface area (Å²) >= 11 is 4.42. The second-order valence-electron chi connectivity index (χ2n) is 6.52. The average molecular weight is 382 g/mol. The summed E-state index contributed by atoms with van der Waals surface area (Å²) in [5.74, 6) is 1.15. The fourth-order valence-corrected chi connectivity index (χ4v) is 3.31. The predicted molar refractivity (Wildman–Crippen MR) is 105 cm³/mol. The molecule has 27 heavy (non-hydrogen) atoms. The van der Waals surface area contributed by atoms with Crippen molar-refractivity contribution < 1.29 is 14.9 Å². The third-order valence-corrected chi connectivity index (χ3v) is 4.69. The number of aromatic hydroxyl groups is 2. The molecule has 0 atom stereocenters. The van der Waals surface area contributed by atoms with Crippen LogP contribution in [-0.4, -0.2) is 37.8 Å². The zero-order chi connectivity index (χ0) is 19.1. The summed E-state index contributed by atoms with van der Waals surface area (Å²) in [6.07, 6.45) is 1.70. The number of aliphatic imine (C=N–C) groups is 1. The van der Waals surface area contributed by atoms with Crippen LogP contribution in [-0.2, 0) is 0 Å². The van der Waals surface area contributed by atoms with Gasteiger partial charge in [-0.2, -0.15) is 0 Å². The third kappa shape index (κ3) is 3.02. The minimum absolute atomic E-state index is 0.0451. The number of fused-ring (bicyclic) bond motifs is 1. The van der Waals surface area contributed by atoms with Gasteiger partial charge in [0.15, 0.2) is 11.0 Å². The number of phenolic OH excluding ortho intramolecular Hbond substituents is 2. The maximum absolute atomic E-state index is 10.4. The molecule has 0 amide bonds. The first-order valence-corrected chi connectivity index (χ1v) is 8.91. The summed E-state index contributed by atoms with van der Waals surface area (Å²) in [7, 11) is 0. The molecule has 4 rings (SSSR count). The Balaban J connectivity index is 1.89. The molecule has 0 fully saturated rings. The Kier molecular flexibility index (Phi) is 4.27. The first kappa shape index (κ1) is 17.4. The van der Waals surface area contributed by atoms with Gasteiger partial charge < -0.3 is 14.9 Å². The monoisotopic (exact) mass is 382 g/mol. The van der Waals surface area contributed by atoms with Crippen LogP contribution in [0.3, 0.4) is 0 Å². The molecule has 1 aromatic heterocycles. The Morgan fingerprint density at radius 2 is 1.93 bits per heavy atom. The molecule has 0 unspecified atom stereocenters. The zero-order valence-corrected chi connectivity index (χ0v) is 15.7. The number of ether oxygens (including phenoxy) is 1. The normalized spacial score (nSPS) is 12.9.